The van der Waals surface area contributed by atoms with Crippen molar-refractivity contribution in [3.05, 3.63) is 45.9 Å². The number of guanidine groups is 1. The molecule has 8 heteroatoms. The fourth-order valence-corrected chi connectivity index (χ4v) is 3.97. The Labute approximate surface area is 144 Å². The van der Waals surface area contributed by atoms with Crippen LogP contribution in [0.3, 0.4) is 0 Å². The van der Waals surface area contributed by atoms with Crippen molar-refractivity contribution < 1.29 is 14.3 Å². The highest BCUT2D eigenvalue weighted by Gasteiger charge is 2.48. The Morgan fingerprint density at radius 2 is 2.17 bits per heavy atom. The molecule has 0 saturated carbocycles. The van der Waals surface area contributed by atoms with E-state index in [2.05, 4.69) is 4.99 Å². The van der Waals surface area contributed by atoms with Gasteiger partial charge in [-0.2, -0.15) is 0 Å². The SMILES string of the molecule is [B]c1ccsc1[C@@]1(C)N=C(N)N(C)C(=O)C1c1ccc(F)c(O)c1. The van der Waals surface area contributed by atoms with Gasteiger partial charge in [0.1, 0.15) is 13.4 Å². The van der Waals surface area contributed by atoms with Crippen molar-refractivity contribution in [3.63, 3.8) is 0 Å². The number of carbonyl (C=O) groups excluding carboxylic acids is 1. The molecule has 2 radical (unpaired) electrons. The molecule has 1 aliphatic heterocycles. The zero-order valence-corrected chi connectivity index (χ0v) is 14.0. The summed E-state index contributed by atoms with van der Waals surface area (Å²) in [7, 11) is 7.57. The van der Waals surface area contributed by atoms with Crippen LogP contribution in [0.25, 0.3) is 0 Å². The van der Waals surface area contributed by atoms with Crippen LogP contribution in [0.1, 0.15) is 23.3 Å². The van der Waals surface area contributed by atoms with Crippen molar-refractivity contribution in [2.75, 3.05) is 7.05 Å². The van der Waals surface area contributed by atoms with E-state index in [9.17, 15) is 14.3 Å². The van der Waals surface area contributed by atoms with Gasteiger partial charge < -0.3 is 10.8 Å². The molecule has 1 amide bonds. The molecule has 0 spiro atoms. The monoisotopic (exact) mass is 343 g/mol. The third kappa shape index (κ3) is 2.38. The number of halogens is 1. The molecule has 1 aliphatic rings. The number of phenols is 1. The number of rotatable bonds is 2. The number of phenolic OH excluding ortho intramolecular Hbond substituents is 1. The van der Waals surface area contributed by atoms with E-state index in [0.29, 0.717) is 15.9 Å². The van der Waals surface area contributed by atoms with E-state index < -0.39 is 23.0 Å². The van der Waals surface area contributed by atoms with Gasteiger partial charge in [0.15, 0.2) is 17.5 Å². The Morgan fingerprint density at radius 3 is 2.75 bits per heavy atom. The Kier molecular flexibility index (Phi) is 3.87. The number of aromatic hydroxyl groups is 1. The molecule has 1 aromatic heterocycles. The van der Waals surface area contributed by atoms with Gasteiger partial charge in [-0.15, -0.1) is 11.3 Å². The summed E-state index contributed by atoms with van der Waals surface area (Å²) in [4.78, 5) is 19.4. The highest BCUT2D eigenvalue weighted by atomic mass is 32.1. The first-order valence-electron chi connectivity index (χ1n) is 7.20. The van der Waals surface area contributed by atoms with Gasteiger partial charge in [-0.05, 0) is 30.0 Å². The normalized spacial score (nSPS) is 24.1. The maximum absolute atomic E-state index is 13.4. The molecule has 2 heterocycles. The van der Waals surface area contributed by atoms with Crippen LogP contribution in [0.2, 0.25) is 0 Å². The molecule has 1 aromatic carbocycles. The van der Waals surface area contributed by atoms with E-state index >= 15 is 0 Å². The van der Waals surface area contributed by atoms with Crippen LogP contribution in [0.4, 0.5) is 4.39 Å². The van der Waals surface area contributed by atoms with Gasteiger partial charge in [0.2, 0.25) is 5.91 Å². The summed E-state index contributed by atoms with van der Waals surface area (Å²) in [6.07, 6.45) is 0. The van der Waals surface area contributed by atoms with Gasteiger partial charge >= 0.3 is 0 Å². The average molecular weight is 343 g/mol. The summed E-state index contributed by atoms with van der Waals surface area (Å²) in [6.45, 7) is 1.76. The first kappa shape index (κ1) is 16.5. The summed E-state index contributed by atoms with van der Waals surface area (Å²) in [6, 6.07) is 5.56. The van der Waals surface area contributed by atoms with Crippen LogP contribution in [-0.4, -0.2) is 36.8 Å². The number of amides is 1. The number of hydrogen-bond donors (Lipinski definition) is 2. The zero-order valence-electron chi connectivity index (χ0n) is 13.2. The lowest BCUT2D eigenvalue weighted by Gasteiger charge is -2.40. The minimum atomic E-state index is -1.05. The maximum Gasteiger partial charge on any atom is 0.239 e. The molecule has 2 atom stereocenters. The summed E-state index contributed by atoms with van der Waals surface area (Å²) < 4.78 is 13.4. The van der Waals surface area contributed by atoms with Crippen LogP contribution in [0, 0.1) is 5.82 Å². The number of aliphatic imine (C=N–C) groups is 1. The lowest BCUT2D eigenvalue weighted by atomic mass is 9.74. The summed E-state index contributed by atoms with van der Waals surface area (Å²) in [5, 5.41) is 11.5. The molecule has 0 bridgehead atoms. The molecule has 0 fully saturated rings. The lowest BCUT2D eigenvalue weighted by molar-refractivity contribution is -0.130. The molecular formula is C16H15BFN3O2S. The minimum absolute atomic E-state index is 0.0814. The summed E-state index contributed by atoms with van der Waals surface area (Å²) in [5.41, 5.74) is 5.81. The molecule has 2 aromatic rings. The Bertz CT molecular complexity index is 854. The van der Waals surface area contributed by atoms with Gasteiger partial charge in [-0.1, -0.05) is 17.6 Å². The Hall–Kier alpha value is -2.35. The third-order valence-electron chi connectivity index (χ3n) is 4.29. The van der Waals surface area contributed by atoms with Gasteiger partial charge in [-0.25, -0.2) is 9.38 Å². The van der Waals surface area contributed by atoms with Crippen molar-refractivity contribution in [1.29, 1.82) is 0 Å². The van der Waals surface area contributed by atoms with Crippen molar-refractivity contribution in [2.45, 2.75) is 18.4 Å². The van der Waals surface area contributed by atoms with E-state index in [0.717, 1.165) is 6.07 Å². The number of thiophene rings is 1. The quantitative estimate of drug-likeness (QED) is 0.804. The standard InChI is InChI=1S/C16H15BFN3O2S/c1-16(13-9(17)5-6-24-13)12(14(23)21(2)15(19)20-16)8-3-4-10(18)11(22)7-8/h3-7,12,22H,1-2H3,(H2,19,20)/t12?,16-/m0/s1. The molecular weight excluding hydrogens is 328 g/mol. The van der Waals surface area contributed by atoms with Crippen LogP contribution in [0.5, 0.6) is 5.75 Å². The highest BCUT2D eigenvalue weighted by Crippen LogP contribution is 2.45. The van der Waals surface area contributed by atoms with Gasteiger partial charge in [0.05, 0.1) is 5.92 Å². The number of nitrogens with two attached hydrogens (primary N) is 1. The van der Waals surface area contributed by atoms with Gasteiger partial charge in [-0.3, -0.25) is 9.69 Å². The van der Waals surface area contributed by atoms with E-state index in [-0.39, 0.29) is 11.9 Å². The van der Waals surface area contributed by atoms with Crippen LogP contribution in [0.15, 0.2) is 34.6 Å². The number of benzene rings is 1. The fraction of sp³-hybridized carbons (Fsp3) is 0.250. The molecule has 0 saturated heterocycles. The average Bonchev–Trinajstić information content (AvgIpc) is 2.95. The summed E-state index contributed by atoms with van der Waals surface area (Å²) in [5.74, 6) is -2.29. The first-order chi connectivity index (χ1) is 11.3. The lowest BCUT2D eigenvalue weighted by Crippen LogP contribution is -2.53. The molecule has 3 N–H and O–H groups in total. The largest absolute Gasteiger partial charge is 0.505 e. The van der Waals surface area contributed by atoms with Crippen LogP contribution >= 0.6 is 11.3 Å². The predicted molar refractivity (Wildman–Crippen MR) is 92.3 cm³/mol. The maximum atomic E-state index is 13.4. The number of likely N-dealkylation sites (N-methyl/N-ethyl adjacent to an activating group) is 1. The van der Waals surface area contributed by atoms with Crippen molar-refractivity contribution in [3.8, 4) is 5.75 Å². The third-order valence-corrected chi connectivity index (χ3v) is 5.45. The second-order valence-electron chi connectivity index (χ2n) is 5.86. The second-order valence-corrected chi connectivity index (χ2v) is 6.78. The van der Waals surface area contributed by atoms with E-state index in [1.165, 1.54) is 35.4 Å². The summed E-state index contributed by atoms with van der Waals surface area (Å²) >= 11 is 1.37. The van der Waals surface area contributed by atoms with E-state index in [4.69, 9.17) is 13.6 Å². The second kappa shape index (κ2) is 5.63. The predicted octanol–water partition coefficient (Wildman–Crippen LogP) is 1.17. The number of hydrogen-bond acceptors (Lipinski definition) is 5. The van der Waals surface area contributed by atoms with Crippen LogP contribution in [-0.2, 0) is 10.3 Å². The smallest absolute Gasteiger partial charge is 0.239 e. The van der Waals surface area contributed by atoms with Gasteiger partial charge in [0, 0.05) is 11.9 Å². The van der Waals surface area contributed by atoms with Crippen LogP contribution < -0.4 is 11.2 Å². The molecule has 0 aliphatic carbocycles. The Balaban J connectivity index is 2.24. The first-order valence-corrected chi connectivity index (χ1v) is 8.08. The van der Waals surface area contributed by atoms with Gasteiger partial charge in [0.25, 0.3) is 0 Å². The topological polar surface area (TPSA) is 78.9 Å². The Morgan fingerprint density at radius 1 is 1.46 bits per heavy atom. The van der Waals surface area contributed by atoms with Crippen molar-refractivity contribution in [2.24, 2.45) is 10.7 Å². The molecule has 122 valence electrons. The fourth-order valence-electron chi connectivity index (χ4n) is 3.01. The number of nitrogens with zero attached hydrogens (tertiary/aromatic N) is 2. The van der Waals surface area contributed by atoms with Crippen molar-refractivity contribution in [1.82, 2.24) is 4.90 Å². The number of carbonyl (C=O) groups is 1. The molecule has 3 rings (SSSR count). The van der Waals surface area contributed by atoms with Crippen molar-refractivity contribution >= 4 is 36.5 Å². The highest BCUT2D eigenvalue weighted by molar-refractivity contribution is 7.11. The zero-order chi connectivity index (χ0) is 17.6. The molecule has 24 heavy (non-hydrogen) atoms. The van der Waals surface area contributed by atoms with E-state index in [1.807, 2.05) is 5.38 Å². The minimum Gasteiger partial charge on any atom is -0.505 e. The molecule has 5 nitrogen and oxygen atoms in total. The van der Waals surface area contributed by atoms with E-state index in [1.54, 1.807) is 13.0 Å². The molecule has 1 unspecified atom stereocenters.